The fourth-order valence-corrected chi connectivity index (χ4v) is 2.09. The van der Waals surface area contributed by atoms with Gasteiger partial charge in [-0.05, 0) is 20.8 Å². The van der Waals surface area contributed by atoms with Gasteiger partial charge in [0.25, 0.3) is 0 Å². The minimum atomic E-state index is -0.00796. The maximum Gasteiger partial charge on any atom is 0.212 e. The van der Waals surface area contributed by atoms with E-state index < -0.39 is 0 Å². The molecule has 0 aliphatic rings. The van der Waals surface area contributed by atoms with Crippen LogP contribution in [-0.4, -0.2) is 14.6 Å². The van der Waals surface area contributed by atoms with Crippen LogP contribution in [0.15, 0.2) is 0 Å². The van der Waals surface area contributed by atoms with Crippen molar-refractivity contribution in [1.82, 2.24) is 14.6 Å². The van der Waals surface area contributed by atoms with Crippen molar-refractivity contribution in [3.05, 3.63) is 16.4 Å². The summed E-state index contributed by atoms with van der Waals surface area (Å²) in [6.07, 6.45) is 0. The normalized spacial score (nSPS) is 13.8. The van der Waals surface area contributed by atoms with Crippen molar-refractivity contribution in [1.29, 1.82) is 0 Å². The first-order valence-corrected chi connectivity index (χ1v) is 4.99. The van der Waals surface area contributed by atoms with E-state index in [9.17, 15) is 0 Å². The first-order valence-electron chi connectivity index (χ1n) is 4.18. The van der Waals surface area contributed by atoms with Gasteiger partial charge < -0.3 is 5.73 Å². The molecule has 0 saturated heterocycles. The summed E-state index contributed by atoms with van der Waals surface area (Å²) in [6.45, 7) is 5.93. The molecule has 13 heavy (non-hydrogen) atoms. The molecule has 0 fully saturated rings. The number of aryl methyl sites for hydroxylation is 2. The highest BCUT2D eigenvalue weighted by Gasteiger charge is 2.12. The van der Waals surface area contributed by atoms with Crippen molar-refractivity contribution < 1.29 is 0 Å². The molecule has 0 aliphatic heterocycles. The molecule has 2 aromatic heterocycles. The van der Waals surface area contributed by atoms with Gasteiger partial charge in [-0.3, -0.25) is 0 Å². The summed E-state index contributed by atoms with van der Waals surface area (Å²) in [5.41, 5.74) is 7.86. The summed E-state index contributed by atoms with van der Waals surface area (Å²) in [4.78, 5) is 5.31. The van der Waals surface area contributed by atoms with Gasteiger partial charge in [-0.2, -0.15) is 5.10 Å². The maximum atomic E-state index is 5.73. The highest BCUT2D eigenvalue weighted by Crippen LogP contribution is 2.21. The number of aromatic nitrogens is 3. The van der Waals surface area contributed by atoms with Crippen molar-refractivity contribution >= 4 is 16.3 Å². The molecule has 0 radical (unpaired) electrons. The Morgan fingerprint density at radius 2 is 2.15 bits per heavy atom. The second-order valence-electron chi connectivity index (χ2n) is 3.21. The van der Waals surface area contributed by atoms with Crippen LogP contribution in [0.2, 0.25) is 0 Å². The first kappa shape index (κ1) is 8.65. The Hall–Kier alpha value is -0.940. The number of nitrogens with zero attached hydrogens (tertiary/aromatic N) is 3. The molecule has 0 bridgehead atoms. The molecule has 2 rings (SSSR count). The van der Waals surface area contributed by atoms with Crippen molar-refractivity contribution in [2.75, 3.05) is 0 Å². The van der Waals surface area contributed by atoms with Crippen LogP contribution in [0, 0.1) is 13.8 Å². The smallest absolute Gasteiger partial charge is 0.212 e. The number of rotatable bonds is 1. The van der Waals surface area contributed by atoms with Crippen LogP contribution >= 0.6 is 11.3 Å². The Morgan fingerprint density at radius 1 is 1.46 bits per heavy atom. The van der Waals surface area contributed by atoms with Gasteiger partial charge in [0.2, 0.25) is 4.96 Å². The third-order valence-electron chi connectivity index (χ3n) is 2.07. The van der Waals surface area contributed by atoms with Crippen molar-refractivity contribution in [2.45, 2.75) is 26.8 Å². The Kier molecular flexibility index (Phi) is 1.85. The minimum absolute atomic E-state index is 0.00796. The van der Waals surface area contributed by atoms with Gasteiger partial charge in [0.05, 0.1) is 17.4 Å². The Bertz CT molecular complexity index is 440. The summed E-state index contributed by atoms with van der Waals surface area (Å²) in [5, 5.41) is 5.32. The predicted molar refractivity (Wildman–Crippen MR) is 52.9 cm³/mol. The second kappa shape index (κ2) is 2.78. The SMILES string of the molecule is Cc1nc2sc(C(C)N)nn2c1C. The standard InChI is InChI=1S/C8H12N4S/c1-4(9)7-11-12-6(3)5(2)10-8(12)13-7/h4H,9H2,1-3H3. The highest BCUT2D eigenvalue weighted by atomic mass is 32.1. The largest absolute Gasteiger partial charge is 0.322 e. The van der Waals surface area contributed by atoms with Crippen LogP contribution in [0.1, 0.15) is 29.4 Å². The van der Waals surface area contributed by atoms with E-state index in [0.717, 1.165) is 21.4 Å². The average molecular weight is 196 g/mol. The Balaban J connectivity index is 2.65. The topological polar surface area (TPSA) is 56.2 Å². The van der Waals surface area contributed by atoms with Crippen molar-refractivity contribution in [2.24, 2.45) is 5.73 Å². The fraction of sp³-hybridized carbons (Fsp3) is 0.500. The van der Waals surface area contributed by atoms with Crippen LogP contribution < -0.4 is 5.73 Å². The van der Waals surface area contributed by atoms with Gasteiger partial charge in [-0.1, -0.05) is 11.3 Å². The number of hydrogen-bond acceptors (Lipinski definition) is 4. The van der Waals surface area contributed by atoms with Gasteiger partial charge in [0, 0.05) is 0 Å². The van der Waals surface area contributed by atoms with Crippen LogP contribution in [0.5, 0.6) is 0 Å². The lowest BCUT2D eigenvalue weighted by Gasteiger charge is -1.95. The number of fused-ring (bicyclic) bond motifs is 1. The maximum absolute atomic E-state index is 5.73. The quantitative estimate of drug-likeness (QED) is 0.750. The summed E-state index contributed by atoms with van der Waals surface area (Å²) in [5.74, 6) is 0. The van der Waals surface area contributed by atoms with E-state index in [2.05, 4.69) is 10.1 Å². The Labute approximate surface area is 80.4 Å². The zero-order chi connectivity index (χ0) is 9.59. The molecule has 0 saturated carbocycles. The first-order chi connectivity index (χ1) is 6.09. The third-order valence-corrected chi connectivity index (χ3v) is 3.18. The zero-order valence-corrected chi connectivity index (χ0v) is 8.72. The molecule has 1 unspecified atom stereocenters. The highest BCUT2D eigenvalue weighted by molar-refractivity contribution is 7.16. The van der Waals surface area contributed by atoms with E-state index in [0.29, 0.717) is 0 Å². The zero-order valence-electron chi connectivity index (χ0n) is 7.90. The molecule has 0 aromatic carbocycles. The van der Waals surface area contributed by atoms with Gasteiger partial charge in [0.15, 0.2) is 0 Å². The minimum Gasteiger partial charge on any atom is -0.322 e. The molecule has 2 aromatic rings. The summed E-state index contributed by atoms with van der Waals surface area (Å²) < 4.78 is 1.86. The lowest BCUT2D eigenvalue weighted by Crippen LogP contribution is -2.05. The van der Waals surface area contributed by atoms with Gasteiger partial charge in [-0.15, -0.1) is 0 Å². The summed E-state index contributed by atoms with van der Waals surface area (Å²) >= 11 is 1.56. The van der Waals surface area contributed by atoms with Gasteiger partial charge in [0.1, 0.15) is 5.01 Å². The monoisotopic (exact) mass is 196 g/mol. The third kappa shape index (κ3) is 1.24. The molecule has 5 heteroatoms. The molecule has 2 heterocycles. The molecular formula is C8H12N4S. The van der Waals surface area contributed by atoms with E-state index >= 15 is 0 Å². The molecule has 1 atom stereocenters. The molecule has 4 nitrogen and oxygen atoms in total. The van der Waals surface area contributed by atoms with E-state index in [1.165, 1.54) is 0 Å². The molecule has 0 amide bonds. The van der Waals surface area contributed by atoms with Crippen LogP contribution in [-0.2, 0) is 0 Å². The summed E-state index contributed by atoms with van der Waals surface area (Å²) in [7, 11) is 0. The molecule has 0 spiro atoms. The number of hydrogen-bond donors (Lipinski definition) is 1. The average Bonchev–Trinajstić information content (AvgIpc) is 2.55. The van der Waals surface area contributed by atoms with Crippen LogP contribution in [0.25, 0.3) is 4.96 Å². The van der Waals surface area contributed by atoms with E-state index in [1.807, 2.05) is 25.3 Å². The van der Waals surface area contributed by atoms with E-state index in [1.54, 1.807) is 11.3 Å². The van der Waals surface area contributed by atoms with Crippen molar-refractivity contribution in [3.63, 3.8) is 0 Å². The Morgan fingerprint density at radius 3 is 2.69 bits per heavy atom. The van der Waals surface area contributed by atoms with Crippen LogP contribution in [0.4, 0.5) is 0 Å². The molecule has 70 valence electrons. The number of imidazole rings is 1. The van der Waals surface area contributed by atoms with E-state index in [-0.39, 0.29) is 6.04 Å². The second-order valence-corrected chi connectivity index (χ2v) is 4.19. The van der Waals surface area contributed by atoms with Crippen molar-refractivity contribution in [3.8, 4) is 0 Å². The van der Waals surface area contributed by atoms with Gasteiger partial charge >= 0.3 is 0 Å². The van der Waals surface area contributed by atoms with Crippen LogP contribution in [0.3, 0.4) is 0 Å². The summed E-state index contributed by atoms with van der Waals surface area (Å²) in [6, 6.07) is -0.00796. The molecule has 2 N–H and O–H groups in total. The van der Waals surface area contributed by atoms with Gasteiger partial charge in [-0.25, -0.2) is 9.50 Å². The lowest BCUT2D eigenvalue weighted by atomic mass is 10.4. The lowest BCUT2D eigenvalue weighted by molar-refractivity contribution is 0.762. The molecular weight excluding hydrogens is 184 g/mol. The number of nitrogens with two attached hydrogens (primary N) is 1. The fourth-order valence-electron chi connectivity index (χ4n) is 1.15. The predicted octanol–water partition coefficient (Wildman–Crippen LogP) is 1.43. The van der Waals surface area contributed by atoms with E-state index in [4.69, 9.17) is 5.73 Å². The molecule has 0 aliphatic carbocycles.